The molecule has 18 heavy (non-hydrogen) atoms. The van der Waals surface area contributed by atoms with Gasteiger partial charge in [-0.15, -0.1) is 0 Å². The van der Waals surface area contributed by atoms with Crippen LogP contribution in [0.25, 0.3) is 10.9 Å². The lowest BCUT2D eigenvalue weighted by Gasteiger charge is -2.02. The van der Waals surface area contributed by atoms with Crippen LogP contribution in [0.3, 0.4) is 0 Å². The summed E-state index contributed by atoms with van der Waals surface area (Å²) in [6.07, 6.45) is 4.24. The topological polar surface area (TPSA) is 39.1 Å². The fourth-order valence-electron chi connectivity index (χ4n) is 2.26. The molecule has 0 saturated heterocycles. The van der Waals surface area contributed by atoms with Gasteiger partial charge in [0.15, 0.2) is 0 Å². The highest BCUT2D eigenvalue weighted by atomic mass is 35.5. The molecule has 1 heterocycles. The minimum Gasteiger partial charge on any atom is -0.346 e. The van der Waals surface area contributed by atoms with Gasteiger partial charge < -0.3 is 4.57 Å². The van der Waals surface area contributed by atoms with E-state index in [1.54, 1.807) is 6.20 Å². The molecule has 0 radical (unpaired) electrons. The van der Waals surface area contributed by atoms with Gasteiger partial charge in [0, 0.05) is 23.6 Å². The fraction of sp³-hybridized carbons (Fsp3) is 0.286. The second-order valence-corrected chi connectivity index (χ2v) is 5.10. The largest absolute Gasteiger partial charge is 0.346 e. The summed E-state index contributed by atoms with van der Waals surface area (Å²) < 4.78 is 2.06. The van der Waals surface area contributed by atoms with Gasteiger partial charge in [0.05, 0.1) is 5.56 Å². The molecule has 92 valence electrons. The number of para-hydroxylation sites is 1. The van der Waals surface area contributed by atoms with Crippen molar-refractivity contribution >= 4 is 33.5 Å². The Bertz CT molecular complexity index is 640. The number of benzene rings is 1. The first-order chi connectivity index (χ1) is 8.66. The summed E-state index contributed by atoms with van der Waals surface area (Å²) in [6.45, 7) is 0.907. The van der Waals surface area contributed by atoms with E-state index in [1.165, 1.54) is 12.8 Å². The van der Waals surface area contributed by atoms with Gasteiger partial charge in [0.2, 0.25) is 5.78 Å². The zero-order valence-electron chi connectivity index (χ0n) is 9.73. The normalized spacial score (nSPS) is 14.9. The van der Waals surface area contributed by atoms with Crippen molar-refractivity contribution in [2.45, 2.75) is 19.4 Å². The number of hydrogen-bond donors (Lipinski definition) is 0. The quantitative estimate of drug-likeness (QED) is 0.482. The highest BCUT2D eigenvalue weighted by molar-refractivity contribution is 6.83. The molecule has 1 aliphatic rings. The summed E-state index contributed by atoms with van der Waals surface area (Å²) in [7, 11) is 0. The Hall–Kier alpha value is -1.61. The van der Waals surface area contributed by atoms with Gasteiger partial charge in [0.1, 0.15) is 0 Å². The standard InChI is InChI=1S/C14H12ClNO2/c15-14(18)13(17)11-8-16(7-9-5-6-9)12-4-2-1-3-10(11)12/h1-4,8-9H,5-7H2. The molecule has 1 aromatic carbocycles. The molecule has 0 N–H and O–H groups in total. The van der Waals surface area contributed by atoms with E-state index in [9.17, 15) is 9.59 Å². The predicted molar refractivity (Wildman–Crippen MR) is 69.9 cm³/mol. The molecule has 0 spiro atoms. The van der Waals surface area contributed by atoms with Gasteiger partial charge in [-0.3, -0.25) is 9.59 Å². The predicted octanol–water partition coefficient (Wildman–Crippen LogP) is 3.00. The zero-order valence-corrected chi connectivity index (χ0v) is 10.5. The van der Waals surface area contributed by atoms with Crippen molar-refractivity contribution in [2.24, 2.45) is 5.92 Å². The number of nitrogens with zero attached hydrogens (tertiary/aromatic N) is 1. The number of rotatable bonds is 4. The van der Waals surface area contributed by atoms with E-state index in [0.717, 1.165) is 17.4 Å². The van der Waals surface area contributed by atoms with Crippen LogP contribution < -0.4 is 0 Å². The van der Waals surface area contributed by atoms with Crippen LogP contribution in [0.1, 0.15) is 23.2 Å². The van der Waals surface area contributed by atoms with Crippen LogP contribution in [-0.4, -0.2) is 15.6 Å². The van der Waals surface area contributed by atoms with Crippen LogP contribution in [0.15, 0.2) is 30.5 Å². The SMILES string of the molecule is O=C(Cl)C(=O)c1cn(CC2CC2)c2ccccc12. The van der Waals surface area contributed by atoms with Crippen molar-refractivity contribution in [3.63, 3.8) is 0 Å². The van der Waals surface area contributed by atoms with Gasteiger partial charge in [0.25, 0.3) is 5.24 Å². The number of halogens is 1. The number of carbonyl (C=O) groups is 2. The summed E-state index contributed by atoms with van der Waals surface area (Å²) >= 11 is 5.29. The molecule has 1 fully saturated rings. The van der Waals surface area contributed by atoms with E-state index >= 15 is 0 Å². The van der Waals surface area contributed by atoms with Gasteiger partial charge >= 0.3 is 0 Å². The van der Waals surface area contributed by atoms with Crippen molar-refractivity contribution in [3.05, 3.63) is 36.0 Å². The monoisotopic (exact) mass is 261 g/mol. The van der Waals surface area contributed by atoms with Crippen LogP contribution in [0.5, 0.6) is 0 Å². The Morgan fingerprint density at radius 3 is 2.67 bits per heavy atom. The minimum absolute atomic E-state index is 0.409. The molecule has 0 unspecified atom stereocenters. The Balaban J connectivity index is 2.13. The Labute approximate surface area is 109 Å². The molecule has 1 aromatic heterocycles. The average Bonchev–Trinajstić information content (AvgIpc) is 3.10. The highest BCUT2D eigenvalue weighted by Gasteiger charge is 2.25. The molecule has 0 bridgehead atoms. The van der Waals surface area contributed by atoms with Crippen molar-refractivity contribution in [1.29, 1.82) is 0 Å². The first-order valence-electron chi connectivity index (χ1n) is 5.99. The summed E-state index contributed by atoms with van der Waals surface area (Å²) in [5.41, 5.74) is 1.40. The Morgan fingerprint density at radius 2 is 2.00 bits per heavy atom. The number of fused-ring (bicyclic) bond motifs is 1. The number of aromatic nitrogens is 1. The average molecular weight is 262 g/mol. The minimum atomic E-state index is -0.927. The van der Waals surface area contributed by atoms with E-state index in [1.807, 2.05) is 24.3 Å². The van der Waals surface area contributed by atoms with E-state index in [0.29, 0.717) is 11.5 Å². The lowest BCUT2D eigenvalue weighted by atomic mass is 10.1. The third kappa shape index (κ3) is 1.95. The van der Waals surface area contributed by atoms with Gasteiger partial charge in [-0.05, 0) is 36.4 Å². The highest BCUT2D eigenvalue weighted by Crippen LogP contribution is 2.33. The molecule has 1 aliphatic carbocycles. The number of hydrogen-bond acceptors (Lipinski definition) is 2. The molecular weight excluding hydrogens is 250 g/mol. The van der Waals surface area contributed by atoms with Gasteiger partial charge in [-0.1, -0.05) is 18.2 Å². The van der Waals surface area contributed by atoms with Crippen LogP contribution in [0.2, 0.25) is 0 Å². The Morgan fingerprint density at radius 1 is 1.28 bits per heavy atom. The molecule has 0 amide bonds. The maximum atomic E-state index is 11.8. The summed E-state index contributed by atoms with van der Waals surface area (Å²) in [5.74, 6) is 0.0814. The van der Waals surface area contributed by atoms with Crippen molar-refractivity contribution in [1.82, 2.24) is 4.57 Å². The molecular formula is C14H12ClNO2. The number of carbonyl (C=O) groups excluding carboxylic acids is 2. The van der Waals surface area contributed by atoms with Crippen LogP contribution >= 0.6 is 11.6 Å². The molecule has 3 rings (SSSR count). The molecule has 1 saturated carbocycles. The fourth-order valence-corrected chi connectivity index (χ4v) is 2.37. The van der Waals surface area contributed by atoms with Gasteiger partial charge in [-0.2, -0.15) is 0 Å². The third-order valence-corrected chi connectivity index (χ3v) is 3.54. The van der Waals surface area contributed by atoms with E-state index in [2.05, 4.69) is 4.57 Å². The lowest BCUT2D eigenvalue weighted by Crippen LogP contribution is -2.06. The molecule has 4 heteroatoms. The Kier molecular flexibility index (Phi) is 2.71. The number of ketones is 1. The van der Waals surface area contributed by atoms with Gasteiger partial charge in [-0.25, -0.2) is 0 Å². The third-order valence-electron chi connectivity index (χ3n) is 3.36. The maximum absolute atomic E-state index is 11.8. The molecule has 2 aromatic rings. The first-order valence-corrected chi connectivity index (χ1v) is 6.36. The van der Waals surface area contributed by atoms with E-state index in [4.69, 9.17) is 11.6 Å². The van der Waals surface area contributed by atoms with Crippen molar-refractivity contribution in [2.75, 3.05) is 0 Å². The van der Waals surface area contributed by atoms with Crippen LogP contribution in [-0.2, 0) is 11.3 Å². The van der Waals surface area contributed by atoms with E-state index < -0.39 is 11.0 Å². The number of Topliss-reactive ketones (excluding diaryl/α,β-unsaturated/α-hetero) is 1. The smallest absolute Gasteiger partial charge is 0.293 e. The second kappa shape index (κ2) is 4.25. The second-order valence-electron chi connectivity index (χ2n) is 4.76. The van der Waals surface area contributed by atoms with Crippen molar-refractivity contribution in [3.8, 4) is 0 Å². The van der Waals surface area contributed by atoms with Crippen LogP contribution in [0.4, 0.5) is 0 Å². The van der Waals surface area contributed by atoms with Crippen molar-refractivity contribution < 1.29 is 9.59 Å². The molecule has 3 nitrogen and oxygen atoms in total. The maximum Gasteiger partial charge on any atom is 0.293 e. The summed E-state index contributed by atoms with van der Waals surface area (Å²) in [6, 6.07) is 7.61. The van der Waals surface area contributed by atoms with Crippen LogP contribution in [0, 0.1) is 5.92 Å². The zero-order chi connectivity index (χ0) is 12.7. The summed E-state index contributed by atoms with van der Waals surface area (Å²) in [4.78, 5) is 22.8. The molecule has 0 aliphatic heterocycles. The lowest BCUT2D eigenvalue weighted by molar-refractivity contribution is -0.108. The molecule has 0 atom stereocenters. The van der Waals surface area contributed by atoms with E-state index in [-0.39, 0.29) is 0 Å². The summed E-state index contributed by atoms with van der Waals surface area (Å²) in [5, 5.41) is -0.124. The first kappa shape index (κ1) is 11.5.